The number of carbonyl (C=O) groups excluding carboxylic acids is 2. The van der Waals surface area contributed by atoms with Crippen LogP contribution in [0.3, 0.4) is 0 Å². The Morgan fingerprint density at radius 3 is 2.72 bits per heavy atom. The molecule has 2 aromatic carbocycles. The number of cyclic esters (lactones) is 1. The predicted octanol–water partition coefficient (Wildman–Crippen LogP) is 4.95. The van der Waals surface area contributed by atoms with Crippen molar-refractivity contribution < 1.29 is 14.3 Å². The van der Waals surface area contributed by atoms with Crippen molar-refractivity contribution in [1.29, 1.82) is 0 Å². The van der Waals surface area contributed by atoms with Gasteiger partial charge < -0.3 is 10.1 Å². The van der Waals surface area contributed by atoms with E-state index in [4.69, 9.17) is 4.74 Å². The molecule has 8 heteroatoms. The minimum absolute atomic E-state index is 0.222. The Kier molecular flexibility index (Phi) is 5.82. The molecule has 0 aliphatic carbocycles. The minimum Gasteiger partial charge on any atom is -0.447 e. The average Bonchev–Trinajstić information content (AvgIpc) is 3.35. The number of benzene rings is 2. The van der Waals surface area contributed by atoms with Crippen molar-refractivity contribution >= 4 is 46.5 Å². The zero-order chi connectivity index (χ0) is 20.2. The largest absolute Gasteiger partial charge is 0.447 e. The number of nitrogens with zero attached hydrogens (tertiary/aromatic N) is 2. The second kappa shape index (κ2) is 8.67. The highest BCUT2D eigenvalue weighted by atomic mass is 32.2. The molecule has 0 saturated carbocycles. The smallest absolute Gasteiger partial charge is 0.414 e. The number of thiazole rings is 1. The van der Waals surface area contributed by atoms with Gasteiger partial charge in [-0.05, 0) is 36.8 Å². The van der Waals surface area contributed by atoms with Crippen LogP contribution in [0, 0.1) is 6.92 Å². The van der Waals surface area contributed by atoms with E-state index in [9.17, 15) is 9.59 Å². The van der Waals surface area contributed by atoms with E-state index in [0.717, 1.165) is 21.3 Å². The summed E-state index contributed by atoms with van der Waals surface area (Å²) in [4.78, 5) is 30.5. The van der Waals surface area contributed by atoms with E-state index >= 15 is 0 Å². The third-order valence-corrected chi connectivity index (χ3v) is 6.59. The number of thioether (sulfide) groups is 1. The van der Waals surface area contributed by atoms with E-state index < -0.39 is 6.09 Å². The number of rotatable bonds is 6. The van der Waals surface area contributed by atoms with Crippen LogP contribution in [0.25, 0.3) is 0 Å². The lowest BCUT2D eigenvalue weighted by Gasteiger charge is -2.17. The zero-order valence-electron chi connectivity index (χ0n) is 15.8. The quantitative estimate of drug-likeness (QED) is 0.566. The number of anilines is 2. The molecular formula is C21H19N3O3S2. The molecule has 1 aromatic heterocycles. The number of hydrogen-bond donors (Lipinski definition) is 1. The van der Waals surface area contributed by atoms with Crippen LogP contribution in [0.4, 0.5) is 16.2 Å². The van der Waals surface area contributed by atoms with Crippen LogP contribution >= 0.6 is 23.1 Å². The van der Waals surface area contributed by atoms with Crippen LogP contribution in [0.1, 0.15) is 21.6 Å². The first kappa shape index (κ1) is 19.5. The van der Waals surface area contributed by atoms with E-state index in [1.165, 1.54) is 4.90 Å². The van der Waals surface area contributed by atoms with Crippen LogP contribution in [-0.4, -0.2) is 30.1 Å². The van der Waals surface area contributed by atoms with Gasteiger partial charge in [-0.25, -0.2) is 9.78 Å². The van der Waals surface area contributed by atoms with Crippen LogP contribution in [0.2, 0.25) is 0 Å². The molecule has 4 rings (SSSR count). The molecule has 1 aliphatic rings. The topological polar surface area (TPSA) is 71.5 Å². The fourth-order valence-corrected chi connectivity index (χ4v) is 4.72. The molecule has 29 heavy (non-hydrogen) atoms. The first-order chi connectivity index (χ1) is 14.1. The van der Waals surface area contributed by atoms with Crippen LogP contribution in [-0.2, 0) is 10.5 Å². The summed E-state index contributed by atoms with van der Waals surface area (Å²) in [6.07, 6.45) is -0.399. The van der Waals surface area contributed by atoms with Gasteiger partial charge in [0, 0.05) is 22.4 Å². The molecule has 2 amide bonds. The molecule has 0 spiro atoms. The first-order valence-electron chi connectivity index (χ1n) is 9.09. The molecule has 1 fully saturated rings. The first-order valence-corrected chi connectivity index (χ1v) is 11.0. The standard InChI is InChI=1S/C21H19N3O3S2/c1-14-12-28-20(22-14)29-13-15-6-8-16(9-7-15)19(25)23-17-4-2-3-5-18(17)24-10-11-27-21(24)26/h2-9,12H,10-11,13H2,1H3,(H,23,25). The predicted molar refractivity (Wildman–Crippen MR) is 116 cm³/mol. The van der Waals surface area contributed by atoms with E-state index in [0.29, 0.717) is 30.1 Å². The molecule has 0 bridgehead atoms. The molecule has 3 aromatic rings. The van der Waals surface area contributed by atoms with Crippen molar-refractivity contribution in [2.75, 3.05) is 23.4 Å². The highest BCUT2D eigenvalue weighted by molar-refractivity contribution is 8.00. The van der Waals surface area contributed by atoms with Gasteiger partial charge in [0.15, 0.2) is 0 Å². The number of aryl methyl sites for hydroxylation is 1. The Morgan fingerprint density at radius 1 is 1.24 bits per heavy atom. The second-order valence-electron chi connectivity index (χ2n) is 6.48. The highest BCUT2D eigenvalue weighted by Crippen LogP contribution is 2.29. The van der Waals surface area contributed by atoms with Gasteiger partial charge in [0.1, 0.15) is 10.9 Å². The normalized spacial score (nSPS) is 13.4. The number of para-hydroxylation sites is 2. The fourth-order valence-electron chi connectivity index (χ4n) is 2.92. The molecule has 0 radical (unpaired) electrons. The van der Waals surface area contributed by atoms with Gasteiger partial charge in [0.25, 0.3) is 5.91 Å². The van der Waals surface area contributed by atoms with Crippen molar-refractivity contribution in [2.45, 2.75) is 17.0 Å². The molecule has 0 atom stereocenters. The van der Waals surface area contributed by atoms with Crippen LogP contribution in [0.15, 0.2) is 58.3 Å². The van der Waals surface area contributed by atoms with Crippen molar-refractivity contribution in [1.82, 2.24) is 4.98 Å². The number of amides is 2. The van der Waals surface area contributed by atoms with Gasteiger partial charge in [-0.2, -0.15) is 0 Å². The molecule has 0 unspecified atom stereocenters. The summed E-state index contributed by atoms with van der Waals surface area (Å²) < 4.78 is 6.05. The highest BCUT2D eigenvalue weighted by Gasteiger charge is 2.26. The summed E-state index contributed by atoms with van der Waals surface area (Å²) in [6.45, 7) is 2.80. The number of hydrogen-bond acceptors (Lipinski definition) is 6. The molecule has 1 N–H and O–H groups in total. The maximum absolute atomic E-state index is 12.7. The van der Waals surface area contributed by atoms with Gasteiger partial charge in [0.2, 0.25) is 0 Å². The van der Waals surface area contributed by atoms with E-state index in [2.05, 4.69) is 10.3 Å². The lowest BCUT2D eigenvalue weighted by molar-refractivity contribution is 0.102. The van der Waals surface area contributed by atoms with Gasteiger partial charge in [-0.1, -0.05) is 36.0 Å². The van der Waals surface area contributed by atoms with Gasteiger partial charge in [-0.15, -0.1) is 11.3 Å². The molecule has 2 heterocycles. The Labute approximate surface area is 176 Å². The van der Waals surface area contributed by atoms with E-state index in [1.54, 1.807) is 35.2 Å². The summed E-state index contributed by atoms with van der Waals surface area (Å²) in [5.74, 6) is 0.578. The average molecular weight is 426 g/mol. The Hall–Kier alpha value is -2.84. The lowest BCUT2D eigenvalue weighted by atomic mass is 10.1. The summed E-state index contributed by atoms with van der Waals surface area (Å²) in [7, 11) is 0. The monoisotopic (exact) mass is 425 g/mol. The van der Waals surface area contributed by atoms with Gasteiger partial charge >= 0.3 is 6.09 Å². The number of nitrogens with one attached hydrogen (secondary N) is 1. The summed E-state index contributed by atoms with van der Waals surface area (Å²) in [5, 5.41) is 4.94. The third kappa shape index (κ3) is 4.60. The number of carbonyl (C=O) groups is 2. The number of ether oxygens (including phenoxy) is 1. The number of aromatic nitrogens is 1. The van der Waals surface area contributed by atoms with Crippen LogP contribution < -0.4 is 10.2 Å². The molecule has 1 saturated heterocycles. The SMILES string of the molecule is Cc1csc(SCc2ccc(C(=O)Nc3ccccc3N3CCOC3=O)cc2)n1. The zero-order valence-corrected chi connectivity index (χ0v) is 17.4. The third-order valence-electron chi connectivity index (χ3n) is 4.38. The Bertz CT molecular complexity index is 1030. The van der Waals surface area contributed by atoms with E-state index in [-0.39, 0.29) is 5.91 Å². The Morgan fingerprint density at radius 2 is 2.03 bits per heavy atom. The fraction of sp³-hybridized carbons (Fsp3) is 0.190. The van der Waals surface area contributed by atoms with Crippen molar-refractivity contribution in [3.63, 3.8) is 0 Å². The minimum atomic E-state index is -0.399. The van der Waals surface area contributed by atoms with Gasteiger partial charge in [-0.3, -0.25) is 9.69 Å². The van der Waals surface area contributed by atoms with Gasteiger partial charge in [0.05, 0.1) is 17.9 Å². The molecular weight excluding hydrogens is 406 g/mol. The molecule has 1 aliphatic heterocycles. The van der Waals surface area contributed by atoms with Crippen molar-refractivity contribution in [3.8, 4) is 0 Å². The second-order valence-corrected chi connectivity index (χ2v) is 8.56. The summed E-state index contributed by atoms with van der Waals surface area (Å²) in [6, 6.07) is 14.7. The van der Waals surface area contributed by atoms with Crippen LogP contribution in [0.5, 0.6) is 0 Å². The summed E-state index contributed by atoms with van der Waals surface area (Å²) in [5.41, 5.74) is 3.93. The lowest BCUT2D eigenvalue weighted by Crippen LogP contribution is -2.25. The Balaban J connectivity index is 1.42. The maximum atomic E-state index is 12.7. The van der Waals surface area contributed by atoms with E-state index in [1.807, 2.05) is 48.7 Å². The van der Waals surface area contributed by atoms with Crippen molar-refractivity contribution in [3.05, 3.63) is 70.7 Å². The van der Waals surface area contributed by atoms with Crippen molar-refractivity contribution in [2.24, 2.45) is 0 Å². The molecule has 6 nitrogen and oxygen atoms in total. The maximum Gasteiger partial charge on any atom is 0.414 e. The molecule has 148 valence electrons. The summed E-state index contributed by atoms with van der Waals surface area (Å²) >= 11 is 3.33.